The Morgan fingerprint density at radius 2 is 2.00 bits per heavy atom. The van der Waals surface area contributed by atoms with E-state index in [-0.39, 0.29) is 29.4 Å². The van der Waals surface area contributed by atoms with E-state index in [1.807, 2.05) is 49.4 Å². The van der Waals surface area contributed by atoms with Crippen LogP contribution in [-0.2, 0) is 4.74 Å². The Morgan fingerprint density at radius 3 is 2.72 bits per heavy atom. The number of fused-ring (bicyclic) bond motifs is 1. The molecule has 150 valence electrons. The van der Waals surface area contributed by atoms with E-state index < -0.39 is 0 Å². The number of amides is 2. The van der Waals surface area contributed by atoms with E-state index in [1.165, 1.54) is 0 Å². The van der Waals surface area contributed by atoms with Crippen molar-refractivity contribution in [1.29, 1.82) is 0 Å². The van der Waals surface area contributed by atoms with Crippen LogP contribution in [0.25, 0.3) is 5.52 Å². The summed E-state index contributed by atoms with van der Waals surface area (Å²) < 4.78 is 7.23. The van der Waals surface area contributed by atoms with E-state index in [1.54, 1.807) is 21.6 Å². The average Bonchev–Trinajstić information content (AvgIpc) is 3.41. The maximum absolute atomic E-state index is 13.3. The molecule has 1 fully saturated rings. The second-order valence-corrected chi connectivity index (χ2v) is 6.97. The lowest BCUT2D eigenvalue weighted by molar-refractivity contribution is 0.0848. The number of carbonyl (C=O) groups excluding carboxylic acids is 2. The van der Waals surface area contributed by atoms with Gasteiger partial charge in [-0.15, -0.1) is 0 Å². The molecule has 7 heteroatoms. The quantitative estimate of drug-likeness (QED) is 0.700. The summed E-state index contributed by atoms with van der Waals surface area (Å²) in [5, 5.41) is 2.89. The van der Waals surface area contributed by atoms with Crippen molar-refractivity contribution in [3.63, 3.8) is 0 Å². The lowest BCUT2D eigenvalue weighted by Crippen LogP contribution is -2.33. The van der Waals surface area contributed by atoms with E-state index in [2.05, 4.69) is 10.3 Å². The highest BCUT2D eigenvalue weighted by atomic mass is 16.5. The number of para-hydroxylation sites is 1. The van der Waals surface area contributed by atoms with Crippen molar-refractivity contribution in [3.8, 4) is 0 Å². The largest absolute Gasteiger partial charge is 0.376 e. The predicted octanol–water partition coefficient (Wildman–Crippen LogP) is 2.91. The molecule has 0 bridgehead atoms. The van der Waals surface area contributed by atoms with Gasteiger partial charge in [0.15, 0.2) is 5.69 Å². The fourth-order valence-corrected chi connectivity index (χ4v) is 3.63. The van der Waals surface area contributed by atoms with Crippen LogP contribution in [0, 0.1) is 0 Å². The zero-order valence-corrected chi connectivity index (χ0v) is 16.4. The maximum Gasteiger partial charge on any atom is 0.287 e. The number of aromatic nitrogens is 2. The van der Waals surface area contributed by atoms with Gasteiger partial charge in [0.05, 0.1) is 11.6 Å². The van der Waals surface area contributed by atoms with Gasteiger partial charge in [0.1, 0.15) is 0 Å². The number of benzene rings is 1. The predicted molar refractivity (Wildman–Crippen MR) is 110 cm³/mol. The van der Waals surface area contributed by atoms with Gasteiger partial charge in [-0.2, -0.15) is 0 Å². The minimum absolute atomic E-state index is 0.0416. The molecular weight excluding hydrogens is 368 g/mol. The fourth-order valence-electron chi connectivity index (χ4n) is 3.63. The molecule has 1 aliphatic heterocycles. The van der Waals surface area contributed by atoms with Gasteiger partial charge in [-0.3, -0.25) is 14.0 Å². The number of rotatable bonds is 6. The highest BCUT2D eigenvalue weighted by Gasteiger charge is 2.26. The third-order valence-electron chi connectivity index (χ3n) is 5.10. The number of nitrogens with zero attached hydrogens (tertiary/aromatic N) is 3. The third-order valence-corrected chi connectivity index (χ3v) is 5.10. The summed E-state index contributed by atoms with van der Waals surface area (Å²) in [7, 11) is 0. The highest BCUT2D eigenvalue weighted by molar-refractivity contribution is 6.10. The Kier molecular flexibility index (Phi) is 5.57. The molecule has 2 aromatic heterocycles. The lowest BCUT2D eigenvalue weighted by atomic mass is 10.2. The minimum Gasteiger partial charge on any atom is -0.376 e. The summed E-state index contributed by atoms with van der Waals surface area (Å²) in [4.78, 5) is 32.2. The van der Waals surface area contributed by atoms with Crippen molar-refractivity contribution in [2.75, 3.05) is 24.6 Å². The molecule has 0 aliphatic carbocycles. The molecular formula is C22H24N4O3. The topological polar surface area (TPSA) is 75.9 Å². The van der Waals surface area contributed by atoms with E-state index in [0.717, 1.165) is 25.1 Å². The number of nitrogens with one attached hydrogen (secondary N) is 1. The van der Waals surface area contributed by atoms with Gasteiger partial charge in [0.25, 0.3) is 11.8 Å². The molecule has 1 atom stereocenters. The summed E-state index contributed by atoms with van der Waals surface area (Å²) >= 11 is 0. The van der Waals surface area contributed by atoms with Gasteiger partial charge in [-0.1, -0.05) is 24.3 Å². The van der Waals surface area contributed by atoms with Gasteiger partial charge in [0.2, 0.25) is 5.82 Å². The van der Waals surface area contributed by atoms with Crippen molar-refractivity contribution in [3.05, 3.63) is 66.2 Å². The van der Waals surface area contributed by atoms with Gasteiger partial charge in [0, 0.05) is 31.6 Å². The van der Waals surface area contributed by atoms with Crippen molar-refractivity contribution in [2.24, 2.45) is 0 Å². The zero-order valence-electron chi connectivity index (χ0n) is 16.4. The number of hydrogen-bond donors (Lipinski definition) is 1. The standard InChI is InChI=1S/C22H24N4O3/c1-2-25(16-9-4-3-5-10-16)22(28)19-18-12-6-7-13-26(18)20(24-19)21(27)23-15-17-11-8-14-29-17/h3-7,9-10,12-13,17H,2,8,11,14-15H2,1H3,(H,23,27). The molecule has 3 heterocycles. The molecule has 7 nitrogen and oxygen atoms in total. The van der Waals surface area contributed by atoms with E-state index in [9.17, 15) is 9.59 Å². The lowest BCUT2D eigenvalue weighted by Gasteiger charge is -2.20. The molecule has 3 aromatic rings. The van der Waals surface area contributed by atoms with Crippen LogP contribution in [0.4, 0.5) is 5.69 Å². The Morgan fingerprint density at radius 1 is 1.21 bits per heavy atom. The Bertz CT molecular complexity index is 1010. The summed E-state index contributed by atoms with van der Waals surface area (Å²) in [6.07, 6.45) is 3.74. The van der Waals surface area contributed by atoms with Crippen molar-refractivity contribution in [2.45, 2.75) is 25.9 Å². The number of carbonyl (C=O) groups is 2. The van der Waals surface area contributed by atoms with E-state index in [4.69, 9.17) is 4.74 Å². The monoisotopic (exact) mass is 392 g/mol. The number of ether oxygens (including phenoxy) is 1. The summed E-state index contributed by atoms with van der Waals surface area (Å²) in [5.74, 6) is -0.352. The highest BCUT2D eigenvalue weighted by Crippen LogP contribution is 2.20. The van der Waals surface area contributed by atoms with Crippen molar-refractivity contribution < 1.29 is 14.3 Å². The molecule has 0 spiro atoms. The van der Waals surface area contributed by atoms with Crippen molar-refractivity contribution in [1.82, 2.24) is 14.7 Å². The third kappa shape index (κ3) is 3.86. The molecule has 1 N–H and O–H groups in total. The van der Waals surface area contributed by atoms with Crippen LogP contribution >= 0.6 is 0 Å². The Labute approximate surface area is 169 Å². The van der Waals surface area contributed by atoms with Crippen LogP contribution in [0.3, 0.4) is 0 Å². The summed E-state index contributed by atoms with van der Waals surface area (Å²) in [6, 6.07) is 14.9. The van der Waals surface area contributed by atoms with E-state index in [0.29, 0.717) is 18.6 Å². The summed E-state index contributed by atoms with van der Waals surface area (Å²) in [6.45, 7) is 3.58. The van der Waals surface area contributed by atoms with Gasteiger partial charge in [-0.05, 0) is 44.0 Å². The normalized spacial score (nSPS) is 16.1. The maximum atomic E-state index is 13.3. The van der Waals surface area contributed by atoms with Crippen LogP contribution in [0.2, 0.25) is 0 Å². The van der Waals surface area contributed by atoms with Gasteiger partial charge in [-0.25, -0.2) is 4.98 Å². The Balaban J connectivity index is 1.64. The minimum atomic E-state index is -0.316. The van der Waals surface area contributed by atoms with Crippen LogP contribution in [0.15, 0.2) is 54.7 Å². The first-order valence-corrected chi connectivity index (χ1v) is 9.93. The smallest absolute Gasteiger partial charge is 0.287 e. The molecule has 1 saturated heterocycles. The van der Waals surface area contributed by atoms with Crippen LogP contribution in [0.1, 0.15) is 40.9 Å². The number of hydrogen-bond acceptors (Lipinski definition) is 4. The zero-order chi connectivity index (χ0) is 20.2. The second kappa shape index (κ2) is 8.45. The van der Waals surface area contributed by atoms with Crippen LogP contribution in [-0.4, -0.2) is 47.0 Å². The molecule has 0 saturated carbocycles. The first-order chi connectivity index (χ1) is 14.2. The molecule has 29 heavy (non-hydrogen) atoms. The fraction of sp³-hybridized carbons (Fsp3) is 0.318. The first-order valence-electron chi connectivity index (χ1n) is 9.93. The first kappa shape index (κ1) is 19.1. The second-order valence-electron chi connectivity index (χ2n) is 6.97. The number of pyridine rings is 1. The molecule has 1 unspecified atom stereocenters. The summed E-state index contributed by atoms with van der Waals surface area (Å²) in [5.41, 5.74) is 1.66. The van der Waals surface area contributed by atoms with E-state index >= 15 is 0 Å². The molecule has 1 aliphatic rings. The molecule has 4 rings (SSSR count). The van der Waals surface area contributed by atoms with Gasteiger partial charge >= 0.3 is 0 Å². The SMILES string of the molecule is CCN(C(=O)c1nc(C(=O)NCC2CCCO2)n2ccccc12)c1ccccc1. The van der Waals surface area contributed by atoms with Crippen LogP contribution < -0.4 is 10.2 Å². The van der Waals surface area contributed by atoms with Gasteiger partial charge < -0.3 is 15.0 Å². The van der Waals surface area contributed by atoms with Crippen LogP contribution in [0.5, 0.6) is 0 Å². The average molecular weight is 392 g/mol. The molecule has 2 amide bonds. The molecule has 1 aromatic carbocycles. The number of anilines is 1. The molecule has 0 radical (unpaired) electrons. The van der Waals surface area contributed by atoms with Crippen molar-refractivity contribution >= 4 is 23.0 Å². The Hall–Kier alpha value is -3.19. The number of imidazole rings is 1.